The number of aryl methyl sites for hydroxylation is 2. The molecule has 28 heavy (non-hydrogen) atoms. The quantitative estimate of drug-likeness (QED) is 0.571. The molecule has 1 aliphatic rings. The molecular weight excluding hydrogens is 358 g/mol. The number of aromatic nitrogens is 2. The predicted octanol–water partition coefficient (Wildman–Crippen LogP) is 3.49. The smallest absolute Gasteiger partial charge is 0.231 e. The van der Waals surface area contributed by atoms with E-state index in [2.05, 4.69) is 28.3 Å². The molecule has 2 heterocycles. The Labute approximate surface area is 166 Å². The first-order valence-electron chi connectivity index (χ1n) is 9.92. The van der Waals surface area contributed by atoms with Gasteiger partial charge in [-0.2, -0.15) is 0 Å². The summed E-state index contributed by atoms with van der Waals surface area (Å²) in [5.74, 6) is 3.65. The van der Waals surface area contributed by atoms with Gasteiger partial charge in [0.25, 0.3) is 0 Å². The Morgan fingerprint density at radius 1 is 1.25 bits per heavy atom. The number of fused-ring (bicyclic) bond motifs is 1. The molecule has 0 bridgehead atoms. The van der Waals surface area contributed by atoms with Gasteiger partial charge >= 0.3 is 0 Å². The van der Waals surface area contributed by atoms with Gasteiger partial charge in [0.2, 0.25) is 6.79 Å². The number of benzene rings is 1. The molecular formula is C21H29N3O4. The number of hydrogen-bond donors (Lipinski definition) is 2. The van der Waals surface area contributed by atoms with E-state index < -0.39 is 0 Å². The fraction of sp³-hybridized carbons (Fsp3) is 0.524. The number of aliphatic hydroxyl groups is 1. The maximum atomic E-state index is 9.28. The van der Waals surface area contributed by atoms with Crippen molar-refractivity contribution in [2.24, 2.45) is 0 Å². The second-order valence-corrected chi connectivity index (χ2v) is 6.91. The molecule has 1 aliphatic heterocycles. The lowest BCUT2D eigenvalue weighted by atomic mass is 10.1. The van der Waals surface area contributed by atoms with Crippen molar-refractivity contribution in [1.29, 1.82) is 0 Å². The first-order chi connectivity index (χ1) is 13.7. The van der Waals surface area contributed by atoms with Crippen molar-refractivity contribution in [3.8, 4) is 17.2 Å². The van der Waals surface area contributed by atoms with Crippen LogP contribution in [0.5, 0.6) is 17.2 Å². The fourth-order valence-electron chi connectivity index (χ4n) is 3.21. The Kier molecular flexibility index (Phi) is 7.31. The molecule has 7 heteroatoms. The molecule has 152 valence electrons. The van der Waals surface area contributed by atoms with Crippen LogP contribution in [0.1, 0.15) is 44.0 Å². The summed E-state index contributed by atoms with van der Waals surface area (Å²) in [5, 5.41) is 12.7. The molecule has 2 N–H and O–H groups in total. The lowest BCUT2D eigenvalue weighted by molar-refractivity contribution is 0.174. The summed E-state index contributed by atoms with van der Waals surface area (Å²) in [4.78, 5) is 8.75. The normalized spacial score (nSPS) is 13.4. The number of nitrogens with zero attached hydrogens (tertiary/aromatic N) is 2. The zero-order valence-electron chi connectivity index (χ0n) is 16.6. The van der Waals surface area contributed by atoms with Gasteiger partial charge in [-0.1, -0.05) is 19.4 Å². The number of aliphatic hydroxyl groups excluding tert-OH is 1. The molecule has 0 saturated heterocycles. The van der Waals surface area contributed by atoms with E-state index in [-0.39, 0.29) is 12.6 Å². The summed E-state index contributed by atoms with van der Waals surface area (Å²) >= 11 is 0. The van der Waals surface area contributed by atoms with Crippen LogP contribution >= 0.6 is 0 Å². The van der Waals surface area contributed by atoms with E-state index in [4.69, 9.17) is 14.2 Å². The van der Waals surface area contributed by atoms with Crippen molar-refractivity contribution >= 4 is 5.82 Å². The minimum Gasteiger partial charge on any atom is -0.488 e. The monoisotopic (exact) mass is 387 g/mol. The average molecular weight is 387 g/mol. The van der Waals surface area contributed by atoms with Crippen molar-refractivity contribution in [3.05, 3.63) is 35.8 Å². The first kappa shape index (κ1) is 20.2. The number of anilines is 1. The summed E-state index contributed by atoms with van der Waals surface area (Å²) < 4.78 is 16.7. The highest BCUT2D eigenvalue weighted by atomic mass is 16.7. The molecule has 1 aromatic carbocycles. The van der Waals surface area contributed by atoms with Crippen molar-refractivity contribution in [2.45, 2.75) is 52.0 Å². The van der Waals surface area contributed by atoms with Crippen LogP contribution in [-0.4, -0.2) is 41.1 Å². The Morgan fingerprint density at radius 3 is 2.93 bits per heavy atom. The highest BCUT2D eigenvalue weighted by Crippen LogP contribution is 2.32. The lowest BCUT2D eigenvalue weighted by Gasteiger charge is -2.20. The van der Waals surface area contributed by atoms with Crippen molar-refractivity contribution in [1.82, 2.24) is 9.97 Å². The van der Waals surface area contributed by atoms with Crippen molar-refractivity contribution < 1.29 is 19.3 Å². The second-order valence-electron chi connectivity index (χ2n) is 6.91. The van der Waals surface area contributed by atoms with Gasteiger partial charge in [-0.3, -0.25) is 0 Å². The minimum absolute atomic E-state index is 0.146. The van der Waals surface area contributed by atoms with Gasteiger partial charge in [0.15, 0.2) is 23.1 Å². The van der Waals surface area contributed by atoms with E-state index in [1.165, 1.54) is 5.56 Å². The minimum atomic E-state index is 0.146. The molecule has 1 atom stereocenters. The average Bonchev–Trinajstić information content (AvgIpc) is 3.15. The van der Waals surface area contributed by atoms with Crippen LogP contribution in [0.3, 0.4) is 0 Å². The van der Waals surface area contributed by atoms with E-state index in [0.717, 1.165) is 37.2 Å². The van der Waals surface area contributed by atoms with Crippen LogP contribution in [0, 0.1) is 6.92 Å². The van der Waals surface area contributed by atoms with Crippen LogP contribution in [0.2, 0.25) is 0 Å². The van der Waals surface area contributed by atoms with Crippen LogP contribution in [-0.2, 0) is 6.42 Å². The molecule has 1 aromatic heterocycles. The molecule has 0 aliphatic carbocycles. The molecule has 0 unspecified atom stereocenters. The maximum absolute atomic E-state index is 9.28. The van der Waals surface area contributed by atoms with Gasteiger partial charge in [-0.05, 0) is 50.3 Å². The van der Waals surface area contributed by atoms with Gasteiger partial charge in [0, 0.05) is 12.6 Å². The molecule has 7 nitrogen and oxygen atoms in total. The van der Waals surface area contributed by atoms with Crippen LogP contribution in [0.15, 0.2) is 24.4 Å². The van der Waals surface area contributed by atoms with E-state index in [9.17, 15) is 5.11 Å². The standard InChI is InChI=1S/C21H29N3O4/c1-3-5-17(9-10-25)24-21-20(13-22-15(2)23-21)26-11-4-6-16-7-8-18-19(12-16)28-14-27-18/h7-8,12-13,17,25H,3-6,9-11,14H2,1-2H3,(H,22,23,24)/t17-/m0/s1. The van der Waals surface area contributed by atoms with Crippen molar-refractivity contribution in [3.63, 3.8) is 0 Å². The van der Waals surface area contributed by atoms with Gasteiger partial charge in [0.1, 0.15) is 5.82 Å². The molecule has 3 rings (SSSR count). The topological polar surface area (TPSA) is 85.7 Å². The molecule has 2 aromatic rings. The summed E-state index contributed by atoms with van der Waals surface area (Å²) in [7, 11) is 0. The summed E-state index contributed by atoms with van der Waals surface area (Å²) in [5.41, 5.74) is 1.19. The van der Waals surface area contributed by atoms with Crippen molar-refractivity contribution in [2.75, 3.05) is 25.3 Å². The van der Waals surface area contributed by atoms with Crippen LogP contribution < -0.4 is 19.5 Å². The third-order valence-corrected chi connectivity index (χ3v) is 4.64. The zero-order chi connectivity index (χ0) is 19.8. The summed E-state index contributed by atoms with van der Waals surface area (Å²) in [6, 6.07) is 6.19. The summed E-state index contributed by atoms with van der Waals surface area (Å²) in [6.45, 7) is 4.99. The van der Waals surface area contributed by atoms with E-state index in [1.807, 2.05) is 19.1 Å². The number of hydrogen-bond acceptors (Lipinski definition) is 7. The second kappa shape index (κ2) is 10.1. The highest BCUT2D eigenvalue weighted by molar-refractivity contribution is 5.49. The number of ether oxygens (including phenoxy) is 3. The first-order valence-corrected chi connectivity index (χ1v) is 9.92. The number of nitrogens with one attached hydrogen (secondary N) is 1. The van der Waals surface area contributed by atoms with Gasteiger partial charge in [0.05, 0.1) is 12.8 Å². The largest absolute Gasteiger partial charge is 0.488 e. The van der Waals surface area contributed by atoms with Gasteiger partial charge in [-0.25, -0.2) is 9.97 Å². The Morgan fingerprint density at radius 2 is 2.11 bits per heavy atom. The van der Waals surface area contributed by atoms with Crippen LogP contribution in [0.25, 0.3) is 0 Å². The molecule has 0 radical (unpaired) electrons. The molecule has 0 spiro atoms. The predicted molar refractivity (Wildman–Crippen MR) is 107 cm³/mol. The Balaban J connectivity index is 1.54. The summed E-state index contributed by atoms with van der Waals surface area (Å²) in [6.07, 6.45) is 6.14. The van der Waals surface area contributed by atoms with Crippen LogP contribution in [0.4, 0.5) is 5.82 Å². The highest BCUT2D eigenvalue weighted by Gasteiger charge is 2.14. The van der Waals surface area contributed by atoms with E-state index in [0.29, 0.717) is 37.2 Å². The van der Waals surface area contributed by atoms with Gasteiger partial charge < -0.3 is 24.6 Å². The van der Waals surface area contributed by atoms with Gasteiger partial charge in [-0.15, -0.1) is 0 Å². The SMILES string of the molecule is CCC[C@@H](CCO)Nc1nc(C)ncc1OCCCc1ccc2c(c1)OCO2. The zero-order valence-corrected chi connectivity index (χ0v) is 16.6. The third-order valence-electron chi connectivity index (χ3n) is 4.64. The third kappa shape index (κ3) is 5.48. The Hall–Kier alpha value is -2.54. The Bertz CT molecular complexity index is 763. The fourth-order valence-corrected chi connectivity index (χ4v) is 3.21. The molecule has 0 saturated carbocycles. The van der Waals surface area contributed by atoms with E-state index in [1.54, 1.807) is 6.20 Å². The number of rotatable bonds is 11. The lowest BCUT2D eigenvalue weighted by Crippen LogP contribution is -2.22. The maximum Gasteiger partial charge on any atom is 0.231 e. The molecule has 0 fully saturated rings. The van der Waals surface area contributed by atoms with E-state index >= 15 is 0 Å². The molecule has 0 amide bonds.